The zero-order valence-electron chi connectivity index (χ0n) is 11.3. The highest BCUT2D eigenvalue weighted by molar-refractivity contribution is 6.34. The molecule has 1 aliphatic rings. The van der Waals surface area contributed by atoms with E-state index < -0.39 is 5.91 Å². The summed E-state index contributed by atoms with van der Waals surface area (Å²) in [6.45, 7) is 3.64. The normalized spacial score (nSPS) is 17.5. The van der Waals surface area contributed by atoms with Crippen LogP contribution in [-0.4, -0.2) is 24.9 Å². The molecular formula is C14H18ClN3O2. The quantitative estimate of drug-likeness (QED) is 0.794. The van der Waals surface area contributed by atoms with Gasteiger partial charge in [-0.05, 0) is 44.1 Å². The smallest absolute Gasteiger partial charge is 0.250 e. The molecule has 6 heteroatoms. The Balaban J connectivity index is 2.12. The van der Waals surface area contributed by atoms with Gasteiger partial charge in [-0.2, -0.15) is 0 Å². The van der Waals surface area contributed by atoms with Gasteiger partial charge in [0.2, 0.25) is 11.8 Å². The van der Waals surface area contributed by atoms with E-state index in [0.29, 0.717) is 5.69 Å². The van der Waals surface area contributed by atoms with Gasteiger partial charge in [0.25, 0.3) is 0 Å². The molecule has 0 unspecified atom stereocenters. The van der Waals surface area contributed by atoms with E-state index in [1.165, 1.54) is 6.07 Å². The largest absolute Gasteiger partial charge is 0.366 e. The van der Waals surface area contributed by atoms with Gasteiger partial charge in [0.15, 0.2) is 0 Å². The molecule has 1 fully saturated rings. The second-order valence-corrected chi connectivity index (χ2v) is 5.73. The minimum Gasteiger partial charge on any atom is -0.366 e. The molecule has 1 saturated heterocycles. The van der Waals surface area contributed by atoms with Crippen molar-refractivity contribution in [2.24, 2.45) is 11.1 Å². The summed E-state index contributed by atoms with van der Waals surface area (Å²) in [5, 5.41) is 6.33. The molecule has 5 nitrogen and oxygen atoms in total. The van der Waals surface area contributed by atoms with Crippen molar-refractivity contribution >= 4 is 29.1 Å². The lowest BCUT2D eigenvalue weighted by Gasteiger charge is -2.32. The standard InChI is InChI=1S/C14H18ClN3O2/c1-14(4-6-17-7-5-14)13(20)18-9-2-3-10(12(16)19)11(15)8-9/h2-3,8,17H,4-7H2,1H3,(H2,16,19)(H,18,20). The number of hydrogen-bond donors (Lipinski definition) is 3. The van der Waals surface area contributed by atoms with Gasteiger partial charge in [-0.15, -0.1) is 0 Å². The first-order valence-electron chi connectivity index (χ1n) is 6.54. The number of anilines is 1. The highest BCUT2D eigenvalue weighted by Gasteiger charge is 2.34. The summed E-state index contributed by atoms with van der Waals surface area (Å²) in [6, 6.07) is 4.70. The summed E-state index contributed by atoms with van der Waals surface area (Å²) < 4.78 is 0. The summed E-state index contributed by atoms with van der Waals surface area (Å²) >= 11 is 5.97. The van der Waals surface area contributed by atoms with Crippen LogP contribution in [-0.2, 0) is 4.79 Å². The van der Waals surface area contributed by atoms with Crippen LogP contribution in [0, 0.1) is 5.41 Å². The Morgan fingerprint density at radius 2 is 2.00 bits per heavy atom. The molecule has 0 aromatic heterocycles. The van der Waals surface area contributed by atoms with E-state index in [0.717, 1.165) is 25.9 Å². The Kier molecular flexibility index (Phi) is 4.30. The predicted octanol–water partition coefficient (Wildman–Crippen LogP) is 1.77. The van der Waals surface area contributed by atoms with Crippen LogP contribution in [0.3, 0.4) is 0 Å². The minimum absolute atomic E-state index is 0.0260. The molecule has 108 valence electrons. The van der Waals surface area contributed by atoms with Gasteiger partial charge in [0, 0.05) is 11.1 Å². The Morgan fingerprint density at radius 1 is 1.35 bits per heavy atom. The predicted molar refractivity (Wildman–Crippen MR) is 78.8 cm³/mol. The molecule has 4 N–H and O–H groups in total. The van der Waals surface area contributed by atoms with Crippen molar-refractivity contribution in [2.75, 3.05) is 18.4 Å². The fourth-order valence-electron chi connectivity index (χ4n) is 2.28. The lowest BCUT2D eigenvalue weighted by atomic mass is 9.80. The van der Waals surface area contributed by atoms with Crippen molar-refractivity contribution in [1.29, 1.82) is 0 Å². The molecule has 0 radical (unpaired) electrons. The number of benzene rings is 1. The maximum Gasteiger partial charge on any atom is 0.250 e. The molecule has 20 heavy (non-hydrogen) atoms. The first-order valence-corrected chi connectivity index (χ1v) is 6.92. The minimum atomic E-state index is -0.585. The molecule has 1 heterocycles. The maximum absolute atomic E-state index is 12.3. The lowest BCUT2D eigenvalue weighted by molar-refractivity contribution is -0.126. The Labute approximate surface area is 122 Å². The van der Waals surface area contributed by atoms with E-state index in [4.69, 9.17) is 17.3 Å². The molecule has 1 aliphatic heterocycles. The number of carbonyl (C=O) groups excluding carboxylic acids is 2. The summed E-state index contributed by atoms with van der Waals surface area (Å²) in [5.41, 5.74) is 5.63. The van der Waals surface area contributed by atoms with E-state index in [9.17, 15) is 9.59 Å². The van der Waals surface area contributed by atoms with Gasteiger partial charge < -0.3 is 16.4 Å². The molecule has 0 aliphatic carbocycles. The van der Waals surface area contributed by atoms with Crippen molar-refractivity contribution in [3.8, 4) is 0 Å². The van der Waals surface area contributed by atoms with Gasteiger partial charge in [0.05, 0.1) is 10.6 Å². The van der Waals surface area contributed by atoms with Crippen molar-refractivity contribution in [3.05, 3.63) is 28.8 Å². The van der Waals surface area contributed by atoms with Crippen LogP contribution in [0.1, 0.15) is 30.1 Å². The van der Waals surface area contributed by atoms with Gasteiger partial charge >= 0.3 is 0 Å². The molecule has 1 aromatic carbocycles. The van der Waals surface area contributed by atoms with Crippen molar-refractivity contribution in [2.45, 2.75) is 19.8 Å². The van der Waals surface area contributed by atoms with E-state index in [2.05, 4.69) is 10.6 Å². The zero-order chi connectivity index (χ0) is 14.8. The van der Waals surface area contributed by atoms with Crippen LogP contribution >= 0.6 is 11.6 Å². The van der Waals surface area contributed by atoms with Crippen molar-refractivity contribution in [3.63, 3.8) is 0 Å². The van der Waals surface area contributed by atoms with Crippen LogP contribution in [0.15, 0.2) is 18.2 Å². The molecule has 0 saturated carbocycles. The maximum atomic E-state index is 12.3. The number of nitrogens with two attached hydrogens (primary N) is 1. The van der Waals surface area contributed by atoms with Gasteiger partial charge in [-0.3, -0.25) is 9.59 Å². The van der Waals surface area contributed by atoms with Crippen molar-refractivity contribution in [1.82, 2.24) is 5.32 Å². The third-order valence-corrected chi connectivity index (χ3v) is 4.06. The first kappa shape index (κ1) is 14.8. The highest BCUT2D eigenvalue weighted by Crippen LogP contribution is 2.30. The second kappa shape index (κ2) is 5.81. The number of amides is 2. The first-order chi connectivity index (χ1) is 9.42. The second-order valence-electron chi connectivity index (χ2n) is 5.32. The molecule has 1 aromatic rings. The Bertz CT molecular complexity index is 539. The topological polar surface area (TPSA) is 84.2 Å². The van der Waals surface area contributed by atoms with Gasteiger partial charge in [0.1, 0.15) is 0 Å². The molecule has 0 bridgehead atoms. The third kappa shape index (κ3) is 3.11. The monoisotopic (exact) mass is 295 g/mol. The van der Waals surface area contributed by atoms with Crippen LogP contribution in [0.5, 0.6) is 0 Å². The number of rotatable bonds is 3. The van der Waals surface area contributed by atoms with E-state index in [1.54, 1.807) is 12.1 Å². The van der Waals surface area contributed by atoms with Crippen LogP contribution in [0.25, 0.3) is 0 Å². The molecule has 0 atom stereocenters. The van der Waals surface area contributed by atoms with E-state index >= 15 is 0 Å². The van der Waals surface area contributed by atoms with Crippen molar-refractivity contribution < 1.29 is 9.59 Å². The number of halogens is 1. The third-order valence-electron chi connectivity index (χ3n) is 3.75. The number of piperidine rings is 1. The molecule has 0 spiro atoms. The van der Waals surface area contributed by atoms with Crippen LogP contribution in [0.2, 0.25) is 5.02 Å². The molecule has 2 amide bonds. The summed E-state index contributed by atoms with van der Waals surface area (Å²) in [5.74, 6) is -0.611. The lowest BCUT2D eigenvalue weighted by Crippen LogP contribution is -2.42. The van der Waals surface area contributed by atoms with Crippen LogP contribution in [0.4, 0.5) is 5.69 Å². The highest BCUT2D eigenvalue weighted by atomic mass is 35.5. The summed E-state index contributed by atoms with van der Waals surface area (Å²) in [6.07, 6.45) is 1.60. The molecule has 2 rings (SSSR count). The average molecular weight is 296 g/mol. The number of hydrogen-bond acceptors (Lipinski definition) is 3. The number of nitrogens with one attached hydrogen (secondary N) is 2. The Morgan fingerprint density at radius 3 is 2.55 bits per heavy atom. The SMILES string of the molecule is CC1(C(=O)Nc2ccc(C(N)=O)c(Cl)c2)CCNCC1. The van der Waals surface area contributed by atoms with Crippen LogP contribution < -0.4 is 16.4 Å². The number of carbonyl (C=O) groups is 2. The Hall–Kier alpha value is -1.59. The van der Waals surface area contributed by atoms with E-state index in [-0.39, 0.29) is 21.9 Å². The average Bonchev–Trinajstić information content (AvgIpc) is 2.39. The van der Waals surface area contributed by atoms with E-state index in [1.807, 2.05) is 6.92 Å². The fourth-order valence-corrected chi connectivity index (χ4v) is 2.55. The van der Waals surface area contributed by atoms with Gasteiger partial charge in [-0.1, -0.05) is 18.5 Å². The van der Waals surface area contributed by atoms with Gasteiger partial charge in [-0.25, -0.2) is 0 Å². The molecular weight excluding hydrogens is 278 g/mol. The summed E-state index contributed by atoms with van der Waals surface area (Å²) in [4.78, 5) is 23.4. The fraction of sp³-hybridized carbons (Fsp3) is 0.429. The zero-order valence-corrected chi connectivity index (χ0v) is 12.1. The summed E-state index contributed by atoms with van der Waals surface area (Å²) in [7, 11) is 0. The number of primary amides is 1.